The summed E-state index contributed by atoms with van der Waals surface area (Å²) in [6.07, 6.45) is 2.16. The van der Waals surface area contributed by atoms with E-state index in [4.69, 9.17) is 4.74 Å². The lowest BCUT2D eigenvalue weighted by Crippen LogP contribution is -2.50. The molecule has 66 valence electrons. The number of unbranched alkanes of at least 4 members (excludes halogenated alkanes) is 1. The number of nitrogens with zero attached hydrogens (tertiary/aromatic N) is 1. The van der Waals surface area contributed by atoms with E-state index in [2.05, 4.69) is 6.92 Å². The van der Waals surface area contributed by atoms with Crippen LogP contribution in [0, 0.1) is 5.21 Å². The van der Waals surface area contributed by atoms with Gasteiger partial charge in [-0.05, 0) is 6.42 Å². The molecule has 0 aromatic heterocycles. The molecule has 0 atom stereocenters. The summed E-state index contributed by atoms with van der Waals surface area (Å²) >= 11 is 0. The van der Waals surface area contributed by atoms with Crippen molar-refractivity contribution in [2.75, 3.05) is 32.8 Å². The van der Waals surface area contributed by atoms with Crippen LogP contribution in [0.2, 0.25) is 0 Å². The molecule has 0 spiro atoms. The monoisotopic (exact) mass is 159 g/mol. The Labute approximate surface area is 68.1 Å². The van der Waals surface area contributed by atoms with Gasteiger partial charge in [0.25, 0.3) is 0 Å². The molecule has 0 unspecified atom stereocenters. The molecule has 0 aliphatic carbocycles. The Balaban J connectivity index is 2.25. The molecule has 1 saturated heterocycles. The number of hydroxylamine groups is 3. The van der Waals surface area contributed by atoms with Crippen LogP contribution in [0.15, 0.2) is 0 Å². The molecule has 0 aromatic carbocycles. The maximum Gasteiger partial charge on any atom is 0.102 e. The quantitative estimate of drug-likeness (QED) is 0.457. The molecule has 0 saturated carbocycles. The first-order valence-corrected chi connectivity index (χ1v) is 4.42. The molecule has 1 aliphatic rings. The topological polar surface area (TPSA) is 32.3 Å². The van der Waals surface area contributed by atoms with Gasteiger partial charge >= 0.3 is 0 Å². The average Bonchev–Trinajstić information content (AvgIpc) is 2.03. The molecule has 1 heterocycles. The third-order valence-corrected chi connectivity index (χ3v) is 2.21. The maximum absolute atomic E-state index is 11.7. The molecule has 1 rings (SSSR count). The van der Waals surface area contributed by atoms with Crippen LogP contribution >= 0.6 is 0 Å². The minimum atomic E-state index is -0.0200. The summed E-state index contributed by atoms with van der Waals surface area (Å²) in [7, 11) is 0. The summed E-state index contributed by atoms with van der Waals surface area (Å²) in [5, 5.41) is 11.7. The van der Waals surface area contributed by atoms with Gasteiger partial charge in [-0.2, -0.15) is 0 Å². The van der Waals surface area contributed by atoms with Crippen LogP contribution in [0.25, 0.3) is 0 Å². The van der Waals surface area contributed by atoms with Crippen molar-refractivity contribution < 1.29 is 9.38 Å². The molecule has 3 heteroatoms. The first-order valence-electron chi connectivity index (χ1n) is 4.42. The highest BCUT2D eigenvalue weighted by atomic mass is 16.6. The van der Waals surface area contributed by atoms with Crippen LogP contribution in [0.1, 0.15) is 19.8 Å². The van der Waals surface area contributed by atoms with E-state index in [0.29, 0.717) is 26.3 Å². The zero-order valence-corrected chi connectivity index (χ0v) is 7.21. The van der Waals surface area contributed by atoms with Crippen LogP contribution in [-0.2, 0) is 4.74 Å². The number of ether oxygens (including phenoxy) is 1. The number of morpholine rings is 1. The third-order valence-electron chi connectivity index (χ3n) is 2.21. The fraction of sp³-hybridized carbons (Fsp3) is 1.00. The van der Waals surface area contributed by atoms with Gasteiger partial charge in [-0.3, -0.25) is 0 Å². The average molecular weight is 159 g/mol. The molecule has 0 aromatic rings. The molecular formula is C8H17NO2. The van der Waals surface area contributed by atoms with Crippen LogP contribution in [0.5, 0.6) is 0 Å². The number of quaternary nitrogens is 1. The highest BCUT2D eigenvalue weighted by molar-refractivity contribution is 4.50. The third kappa shape index (κ3) is 2.77. The zero-order valence-electron chi connectivity index (χ0n) is 7.21. The number of hydrogen-bond acceptors (Lipinski definition) is 2. The van der Waals surface area contributed by atoms with Gasteiger partial charge in [-0.25, -0.2) is 0 Å². The van der Waals surface area contributed by atoms with E-state index in [0.717, 1.165) is 19.4 Å². The van der Waals surface area contributed by atoms with Crippen molar-refractivity contribution in [1.82, 2.24) is 0 Å². The molecular weight excluding hydrogens is 142 g/mol. The summed E-state index contributed by atoms with van der Waals surface area (Å²) in [6.45, 7) is 5.49. The molecule has 1 aliphatic heterocycles. The van der Waals surface area contributed by atoms with Crippen molar-refractivity contribution in [2.45, 2.75) is 19.8 Å². The van der Waals surface area contributed by atoms with E-state index < -0.39 is 0 Å². The maximum atomic E-state index is 11.7. The first-order chi connectivity index (χ1) is 5.27. The summed E-state index contributed by atoms with van der Waals surface area (Å²) in [5.74, 6) is 0. The van der Waals surface area contributed by atoms with Crippen molar-refractivity contribution >= 4 is 0 Å². The first kappa shape index (κ1) is 8.97. The van der Waals surface area contributed by atoms with E-state index in [1.807, 2.05) is 0 Å². The second-order valence-corrected chi connectivity index (χ2v) is 3.19. The van der Waals surface area contributed by atoms with Crippen molar-refractivity contribution in [1.29, 1.82) is 0 Å². The molecule has 0 N–H and O–H groups in total. The van der Waals surface area contributed by atoms with Gasteiger partial charge in [0, 0.05) is 0 Å². The Hall–Kier alpha value is -0.120. The van der Waals surface area contributed by atoms with Gasteiger partial charge in [-0.1, -0.05) is 13.3 Å². The summed E-state index contributed by atoms with van der Waals surface area (Å²) in [4.78, 5) is 0. The van der Waals surface area contributed by atoms with Gasteiger partial charge in [0.05, 0.1) is 19.8 Å². The zero-order chi connectivity index (χ0) is 8.16. The SMILES string of the molecule is CCCC[N+]1([O-])CCOCC1. The van der Waals surface area contributed by atoms with Crippen LogP contribution in [-0.4, -0.2) is 37.5 Å². The number of rotatable bonds is 3. The van der Waals surface area contributed by atoms with E-state index in [1.54, 1.807) is 0 Å². The fourth-order valence-electron chi connectivity index (χ4n) is 1.35. The molecule has 0 radical (unpaired) electrons. The molecule has 3 nitrogen and oxygen atoms in total. The predicted molar refractivity (Wildman–Crippen MR) is 44.0 cm³/mol. The summed E-state index contributed by atoms with van der Waals surface area (Å²) < 4.78 is 5.11. The molecule has 0 amide bonds. The van der Waals surface area contributed by atoms with Crippen molar-refractivity contribution in [3.63, 3.8) is 0 Å². The second kappa shape index (κ2) is 4.04. The summed E-state index contributed by atoms with van der Waals surface area (Å²) in [5.41, 5.74) is 0. The Morgan fingerprint density at radius 1 is 1.36 bits per heavy atom. The van der Waals surface area contributed by atoms with Gasteiger partial charge in [0.1, 0.15) is 13.1 Å². The van der Waals surface area contributed by atoms with Crippen molar-refractivity contribution in [3.8, 4) is 0 Å². The number of hydrogen-bond donors (Lipinski definition) is 0. The second-order valence-electron chi connectivity index (χ2n) is 3.19. The highest BCUT2D eigenvalue weighted by Crippen LogP contribution is 2.10. The van der Waals surface area contributed by atoms with Gasteiger partial charge in [-0.15, -0.1) is 0 Å². The van der Waals surface area contributed by atoms with Gasteiger partial charge in [0.15, 0.2) is 0 Å². The molecule has 11 heavy (non-hydrogen) atoms. The Kier molecular flexibility index (Phi) is 3.30. The standard InChI is InChI=1S/C8H17NO2/c1-2-3-4-9(10)5-7-11-8-6-9/h2-8H2,1H3. The van der Waals surface area contributed by atoms with E-state index >= 15 is 0 Å². The van der Waals surface area contributed by atoms with Gasteiger partial charge < -0.3 is 14.6 Å². The Morgan fingerprint density at radius 3 is 2.55 bits per heavy atom. The lowest BCUT2D eigenvalue weighted by atomic mass is 10.3. The fourth-order valence-corrected chi connectivity index (χ4v) is 1.35. The smallest absolute Gasteiger partial charge is 0.102 e. The minimum Gasteiger partial charge on any atom is -0.633 e. The highest BCUT2D eigenvalue weighted by Gasteiger charge is 2.19. The predicted octanol–water partition coefficient (Wildman–Crippen LogP) is 1.13. The lowest BCUT2D eigenvalue weighted by molar-refractivity contribution is -0.888. The van der Waals surface area contributed by atoms with Crippen molar-refractivity contribution in [2.24, 2.45) is 0 Å². The van der Waals surface area contributed by atoms with Crippen molar-refractivity contribution in [3.05, 3.63) is 5.21 Å². The summed E-state index contributed by atoms with van der Waals surface area (Å²) in [6, 6.07) is 0. The van der Waals surface area contributed by atoms with Crippen LogP contribution in [0.4, 0.5) is 0 Å². The van der Waals surface area contributed by atoms with E-state index in [9.17, 15) is 5.21 Å². The van der Waals surface area contributed by atoms with Gasteiger partial charge in [0.2, 0.25) is 0 Å². The Morgan fingerprint density at radius 2 is 2.00 bits per heavy atom. The minimum absolute atomic E-state index is 0.0200. The van der Waals surface area contributed by atoms with E-state index in [1.165, 1.54) is 0 Å². The normalized spacial score (nSPS) is 23.5. The lowest BCUT2D eigenvalue weighted by Gasteiger charge is -2.45. The largest absolute Gasteiger partial charge is 0.633 e. The Bertz CT molecular complexity index is 111. The molecule has 1 fully saturated rings. The molecule has 0 bridgehead atoms. The van der Waals surface area contributed by atoms with Crippen LogP contribution in [0.3, 0.4) is 0 Å². The van der Waals surface area contributed by atoms with E-state index in [-0.39, 0.29) is 4.65 Å². The van der Waals surface area contributed by atoms with Crippen LogP contribution < -0.4 is 0 Å².